The second-order valence-corrected chi connectivity index (χ2v) is 7.40. The number of halogens is 3. The van der Waals surface area contributed by atoms with E-state index in [-0.39, 0.29) is 5.91 Å². The minimum atomic E-state index is -0.292. The molecule has 1 heterocycles. The molecule has 0 radical (unpaired) electrons. The Kier molecular flexibility index (Phi) is 5.27. The summed E-state index contributed by atoms with van der Waals surface area (Å²) in [6, 6.07) is 10.3. The van der Waals surface area contributed by atoms with Gasteiger partial charge in [-0.15, -0.1) is 0 Å². The van der Waals surface area contributed by atoms with E-state index in [2.05, 4.69) is 9.62 Å². The Morgan fingerprint density at radius 2 is 1.87 bits per heavy atom. The molecule has 0 aromatic heterocycles. The summed E-state index contributed by atoms with van der Waals surface area (Å²) in [4.78, 5) is 12.5. The van der Waals surface area contributed by atoms with Gasteiger partial charge in [0.15, 0.2) is 0 Å². The maximum Gasteiger partial charge on any atom is 0.257 e. The van der Waals surface area contributed by atoms with E-state index in [1.54, 1.807) is 36.2 Å². The van der Waals surface area contributed by atoms with Crippen LogP contribution in [0.3, 0.4) is 0 Å². The van der Waals surface area contributed by atoms with E-state index >= 15 is 0 Å². The highest BCUT2D eigenvalue weighted by atomic mass is 35.5. The molecule has 3 rings (SSSR count). The number of hydrogen-bond donors (Lipinski definition) is 1. The third-order valence-electron chi connectivity index (χ3n) is 3.36. The van der Waals surface area contributed by atoms with Gasteiger partial charge < -0.3 is 9.62 Å². The molecule has 3 nitrogen and oxygen atoms in total. The molecule has 0 saturated carbocycles. The Hall–Kier alpha value is -1.07. The predicted octanol–water partition coefficient (Wildman–Crippen LogP) is 5.76. The fourth-order valence-electron chi connectivity index (χ4n) is 2.35. The summed E-state index contributed by atoms with van der Waals surface area (Å²) in [7, 11) is 0. The average Bonchev–Trinajstić information content (AvgIpc) is 3.00. The zero-order valence-electron chi connectivity index (χ0n) is 12.0. The van der Waals surface area contributed by atoms with Crippen molar-refractivity contribution in [3.8, 4) is 0 Å². The minimum Gasteiger partial charge on any atom is -0.322 e. The Morgan fingerprint density at radius 3 is 2.52 bits per heavy atom. The highest BCUT2D eigenvalue weighted by Gasteiger charge is 2.20. The molecule has 1 aliphatic rings. The summed E-state index contributed by atoms with van der Waals surface area (Å²) in [5.74, 6) is 0.771. The van der Waals surface area contributed by atoms with Crippen LogP contribution >= 0.6 is 46.8 Å². The molecule has 0 atom stereocenters. The van der Waals surface area contributed by atoms with Crippen molar-refractivity contribution in [1.29, 1.82) is 0 Å². The van der Waals surface area contributed by atoms with Crippen LogP contribution in [0.1, 0.15) is 16.8 Å². The van der Waals surface area contributed by atoms with E-state index in [0.29, 0.717) is 26.3 Å². The van der Waals surface area contributed by atoms with Crippen molar-refractivity contribution in [3.63, 3.8) is 0 Å². The molecule has 1 fully saturated rings. The van der Waals surface area contributed by atoms with Crippen LogP contribution in [-0.2, 0) is 0 Å². The first-order valence-corrected chi connectivity index (χ1v) is 9.08. The lowest BCUT2D eigenvalue weighted by atomic mass is 10.1. The molecule has 1 N–H and O–H groups in total. The number of nitrogens with one attached hydrogen (secondary N) is 1. The molecule has 1 amide bonds. The monoisotopic (exact) mass is 386 g/mol. The number of rotatable bonds is 3. The van der Waals surface area contributed by atoms with Gasteiger partial charge in [0.2, 0.25) is 0 Å². The van der Waals surface area contributed by atoms with Crippen LogP contribution in [0.25, 0.3) is 0 Å². The van der Waals surface area contributed by atoms with Gasteiger partial charge in [-0.25, -0.2) is 0 Å². The topological polar surface area (TPSA) is 32.3 Å². The molecule has 23 heavy (non-hydrogen) atoms. The molecular formula is C16H13Cl3N2OS. The van der Waals surface area contributed by atoms with E-state index < -0.39 is 0 Å². The van der Waals surface area contributed by atoms with Crippen LogP contribution in [0.2, 0.25) is 15.1 Å². The van der Waals surface area contributed by atoms with Gasteiger partial charge in [-0.1, -0.05) is 40.9 Å². The van der Waals surface area contributed by atoms with Crippen LogP contribution in [0, 0.1) is 0 Å². The van der Waals surface area contributed by atoms with Crippen molar-refractivity contribution in [3.05, 3.63) is 57.0 Å². The van der Waals surface area contributed by atoms with Gasteiger partial charge in [-0.2, -0.15) is 0 Å². The highest BCUT2D eigenvalue weighted by molar-refractivity contribution is 8.00. The number of carbonyl (C=O) groups excluding carboxylic acids is 1. The predicted molar refractivity (Wildman–Crippen MR) is 100 cm³/mol. The molecule has 1 saturated heterocycles. The van der Waals surface area contributed by atoms with Gasteiger partial charge in [0.1, 0.15) is 0 Å². The second-order valence-electron chi connectivity index (χ2n) is 5.04. The Morgan fingerprint density at radius 1 is 1.13 bits per heavy atom. The summed E-state index contributed by atoms with van der Waals surface area (Å²) < 4.78 is 2.12. The zero-order chi connectivity index (χ0) is 16.4. The molecule has 2 aromatic carbocycles. The van der Waals surface area contributed by atoms with E-state index in [9.17, 15) is 4.79 Å². The molecule has 120 valence electrons. The molecule has 2 aromatic rings. The molecule has 7 heteroatoms. The van der Waals surface area contributed by atoms with Crippen molar-refractivity contribution >= 4 is 64.0 Å². The van der Waals surface area contributed by atoms with Gasteiger partial charge in [0.05, 0.1) is 16.3 Å². The summed E-state index contributed by atoms with van der Waals surface area (Å²) in [6.07, 6.45) is 1.11. The molecule has 0 aliphatic carbocycles. The third-order valence-corrected chi connectivity index (χ3v) is 5.36. The fourth-order valence-corrected chi connectivity index (χ4v) is 4.27. The van der Waals surface area contributed by atoms with Gasteiger partial charge in [-0.3, -0.25) is 4.79 Å². The number of carbonyl (C=O) groups is 1. The third kappa shape index (κ3) is 3.89. The van der Waals surface area contributed by atoms with Gasteiger partial charge in [0.25, 0.3) is 5.91 Å². The SMILES string of the molecule is O=C(Nc1cc(Cl)cc(Cl)c1)c1cccc(N2CCCS2)c1Cl. The van der Waals surface area contributed by atoms with E-state index in [1.807, 2.05) is 12.1 Å². The lowest BCUT2D eigenvalue weighted by molar-refractivity contribution is 0.102. The smallest absolute Gasteiger partial charge is 0.257 e. The Balaban J connectivity index is 1.86. The second kappa shape index (κ2) is 7.22. The van der Waals surface area contributed by atoms with Gasteiger partial charge in [0, 0.05) is 28.0 Å². The molecular weight excluding hydrogens is 375 g/mol. The summed E-state index contributed by atoms with van der Waals surface area (Å²) >= 11 is 20.1. The van der Waals surface area contributed by atoms with E-state index in [0.717, 1.165) is 24.4 Å². The maximum absolute atomic E-state index is 12.5. The van der Waals surface area contributed by atoms with E-state index in [1.165, 1.54) is 0 Å². The van der Waals surface area contributed by atoms with Crippen LogP contribution in [-0.4, -0.2) is 18.2 Å². The van der Waals surface area contributed by atoms with Crippen LogP contribution in [0.15, 0.2) is 36.4 Å². The quantitative estimate of drug-likeness (QED) is 0.680. The van der Waals surface area contributed by atoms with Gasteiger partial charge >= 0.3 is 0 Å². The number of nitrogens with zero attached hydrogens (tertiary/aromatic N) is 1. The lowest BCUT2D eigenvalue weighted by Gasteiger charge is -2.19. The minimum absolute atomic E-state index is 0.292. The van der Waals surface area contributed by atoms with Crippen molar-refractivity contribution in [2.75, 3.05) is 21.9 Å². The summed E-state index contributed by atoms with van der Waals surface area (Å²) in [5, 5.41) is 4.15. The molecule has 0 bridgehead atoms. The van der Waals surface area contributed by atoms with Crippen molar-refractivity contribution in [2.45, 2.75) is 6.42 Å². The molecule has 0 spiro atoms. The number of anilines is 2. The normalized spacial score (nSPS) is 14.1. The maximum atomic E-state index is 12.5. The number of amides is 1. The largest absolute Gasteiger partial charge is 0.322 e. The standard InChI is InChI=1S/C16H13Cl3N2OS/c17-10-7-11(18)9-12(8-10)20-16(22)13-3-1-4-14(15(13)19)21-5-2-6-23-21/h1,3-4,7-9H,2,5-6H2,(H,20,22). The highest BCUT2D eigenvalue weighted by Crippen LogP contribution is 2.36. The zero-order valence-corrected chi connectivity index (χ0v) is 15.1. The first kappa shape index (κ1) is 16.8. The Labute approximate surface area is 154 Å². The number of hydrogen-bond acceptors (Lipinski definition) is 3. The average molecular weight is 388 g/mol. The lowest BCUT2D eigenvalue weighted by Crippen LogP contribution is -2.15. The summed E-state index contributed by atoms with van der Waals surface area (Å²) in [5.41, 5.74) is 1.82. The first-order valence-electron chi connectivity index (χ1n) is 7.01. The van der Waals surface area contributed by atoms with Gasteiger partial charge in [-0.05, 0) is 48.7 Å². The van der Waals surface area contributed by atoms with Crippen molar-refractivity contribution < 1.29 is 4.79 Å². The first-order chi connectivity index (χ1) is 11.0. The van der Waals surface area contributed by atoms with Crippen LogP contribution in [0.4, 0.5) is 11.4 Å². The van der Waals surface area contributed by atoms with Crippen LogP contribution < -0.4 is 9.62 Å². The number of benzene rings is 2. The van der Waals surface area contributed by atoms with E-state index in [4.69, 9.17) is 34.8 Å². The fraction of sp³-hybridized carbons (Fsp3) is 0.188. The van der Waals surface area contributed by atoms with Crippen molar-refractivity contribution in [1.82, 2.24) is 0 Å². The van der Waals surface area contributed by atoms with Crippen LogP contribution in [0.5, 0.6) is 0 Å². The Bertz CT molecular complexity index is 728. The summed E-state index contributed by atoms with van der Waals surface area (Å²) in [6.45, 7) is 0.930. The molecule has 1 aliphatic heterocycles. The van der Waals surface area contributed by atoms with Crippen molar-refractivity contribution in [2.24, 2.45) is 0 Å². The molecule has 0 unspecified atom stereocenters.